The van der Waals surface area contributed by atoms with Crippen LogP contribution in [0.3, 0.4) is 0 Å². The van der Waals surface area contributed by atoms with Gasteiger partial charge in [0.1, 0.15) is 0 Å². The molecule has 0 amide bonds. The zero-order chi connectivity index (χ0) is 14.5. The van der Waals surface area contributed by atoms with E-state index in [2.05, 4.69) is 23.5 Å². The fourth-order valence-corrected chi connectivity index (χ4v) is 4.20. The molecule has 1 N–H and O–H groups in total. The molecule has 0 saturated carbocycles. The van der Waals surface area contributed by atoms with Gasteiger partial charge in [0.15, 0.2) is 0 Å². The number of likely N-dealkylation sites (tertiary alicyclic amines) is 1. The van der Waals surface area contributed by atoms with Gasteiger partial charge in [-0.3, -0.25) is 4.90 Å². The minimum absolute atomic E-state index is 0.0107. The number of rotatable bonds is 8. The van der Waals surface area contributed by atoms with Gasteiger partial charge in [-0.25, -0.2) is 13.1 Å². The highest BCUT2D eigenvalue weighted by atomic mass is 35.5. The Morgan fingerprint density at radius 2 is 1.79 bits per heavy atom. The van der Waals surface area contributed by atoms with Crippen molar-refractivity contribution in [3.63, 3.8) is 0 Å². The molecular weight excluding hydrogens is 284 g/mol. The summed E-state index contributed by atoms with van der Waals surface area (Å²) in [6.45, 7) is 8.84. The van der Waals surface area contributed by atoms with Crippen molar-refractivity contribution in [1.82, 2.24) is 9.62 Å². The third-order valence-electron chi connectivity index (χ3n) is 3.66. The molecule has 1 fully saturated rings. The molecule has 6 heteroatoms. The van der Waals surface area contributed by atoms with Crippen LogP contribution >= 0.6 is 11.6 Å². The topological polar surface area (TPSA) is 49.4 Å². The van der Waals surface area contributed by atoms with Crippen LogP contribution in [-0.2, 0) is 10.0 Å². The first-order valence-electron chi connectivity index (χ1n) is 7.13. The Kier molecular flexibility index (Phi) is 7.08. The first-order valence-corrected chi connectivity index (χ1v) is 9.31. The van der Waals surface area contributed by atoms with Gasteiger partial charge in [-0.15, -0.1) is 11.6 Å². The first-order chi connectivity index (χ1) is 8.85. The molecule has 0 aromatic rings. The molecule has 1 heterocycles. The van der Waals surface area contributed by atoms with Gasteiger partial charge in [0.2, 0.25) is 10.0 Å². The maximum atomic E-state index is 12.0. The normalized spacial score (nSPS) is 20.9. The molecular formula is C13H27ClN2O2S. The number of sulfonamides is 1. The third kappa shape index (κ3) is 5.98. The van der Waals surface area contributed by atoms with Crippen molar-refractivity contribution < 1.29 is 8.42 Å². The van der Waals surface area contributed by atoms with E-state index in [0.29, 0.717) is 24.4 Å². The quantitative estimate of drug-likeness (QED) is 0.697. The second kappa shape index (κ2) is 7.81. The lowest BCUT2D eigenvalue weighted by atomic mass is 10.0. The van der Waals surface area contributed by atoms with Crippen molar-refractivity contribution in [2.75, 3.05) is 31.3 Å². The summed E-state index contributed by atoms with van der Waals surface area (Å²) in [5.41, 5.74) is 0. The summed E-state index contributed by atoms with van der Waals surface area (Å²) < 4.78 is 26.7. The second-order valence-corrected chi connectivity index (χ2v) is 8.10. The second-order valence-electron chi connectivity index (χ2n) is 5.94. The molecule has 1 saturated heterocycles. The molecule has 2 unspecified atom stereocenters. The number of nitrogens with zero attached hydrogens (tertiary/aromatic N) is 1. The summed E-state index contributed by atoms with van der Waals surface area (Å²) in [5.74, 6) is 0.928. The van der Waals surface area contributed by atoms with Crippen LogP contribution in [0.15, 0.2) is 0 Å². The molecule has 1 aliphatic heterocycles. The number of alkyl halides is 1. The molecule has 0 radical (unpaired) electrons. The van der Waals surface area contributed by atoms with Gasteiger partial charge in [0.05, 0.1) is 5.75 Å². The van der Waals surface area contributed by atoms with E-state index in [9.17, 15) is 8.42 Å². The zero-order valence-corrected chi connectivity index (χ0v) is 13.8. The van der Waals surface area contributed by atoms with Gasteiger partial charge in [0, 0.05) is 18.5 Å². The van der Waals surface area contributed by atoms with Crippen LogP contribution in [0.2, 0.25) is 0 Å². The summed E-state index contributed by atoms with van der Waals surface area (Å²) in [6, 6.07) is 0.295. The van der Waals surface area contributed by atoms with Gasteiger partial charge in [-0.05, 0) is 37.8 Å². The standard InChI is InChI=1S/C13H27ClN2O2S/c1-11(2)13(16-6-4-5-7-16)9-15-19(17,18)10-12(3)8-14/h11-13,15H,4-10H2,1-3H3. The van der Waals surface area contributed by atoms with Crippen LogP contribution in [0.1, 0.15) is 33.6 Å². The van der Waals surface area contributed by atoms with Crippen LogP contribution in [0.5, 0.6) is 0 Å². The van der Waals surface area contributed by atoms with Crippen molar-refractivity contribution in [1.29, 1.82) is 0 Å². The molecule has 2 atom stereocenters. The van der Waals surface area contributed by atoms with Gasteiger partial charge >= 0.3 is 0 Å². The SMILES string of the molecule is CC(CCl)CS(=O)(=O)NCC(C(C)C)N1CCCC1. The molecule has 114 valence electrons. The predicted molar refractivity (Wildman–Crippen MR) is 81.1 cm³/mol. The van der Waals surface area contributed by atoms with Crippen LogP contribution in [0.25, 0.3) is 0 Å². The van der Waals surface area contributed by atoms with E-state index in [0.717, 1.165) is 13.1 Å². The third-order valence-corrected chi connectivity index (χ3v) is 5.80. The van der Waals surface area contributed by atoms with Gasteiger partial charge in [0.25, 0.3) is 0 Å². The monoisotopic (exact) mass is 310 g/mol. The van der Waals surface area contributed by atoms with E-state index in [-0.39, 0.29) is 11.7 Å². The average molecular weight is 311 g/mol. The highest BCUT2D eigenvalue weighted by molar-refractivity contribution is 7.89. The van der Waals surface area contributed by atoms with Crippen LogP contribution in [0, 0.1) is 11.8 Å². The Bertz CT molecular complexity index is 354. The molecule has 0 bridgehead atoms. The smallest absolute Gasteiger partial charge is 0.211 e. The van der Waals surface area contributed by atoms with Gasteiger partial charge in [-0.2, -0.15) is 0 Å². The Morgan fingerprint density at radius 3 is 2.26 bits per heavy atom. The Hall–Kier alpha value is 0.160. The van der Waals surface area contributed by atoms with Crippen molar-refractivity contribution in [3.8, 4) is 0 Å². The lowest BCUT2D eigenvalue weighted by Gasteiger charge is -2.31. The summed E-state index contributed by atoms with van der Waals surface area (Å²) in [4.78, 5) is 2.40. The first kappa shape index (κ1) is 17.2. The van der Waals surface area contributed by atoms with Crippen molar-refractivity contribution >= 4 is 21.6 Å². The highest BCUT2D eigenvalue weighted by Gasteiger charge is 2.26. The lowest BCUT2D eigenvalue weighted by molar-refractivity contribution is 0.193. The summed E-state index contributed by atoms with van der Waals surface area (Å²) in [7, 11) is -3.21. The van der Waals surface area contributed by atoms with E-state index >= 15 is 0 Å². The van der Waals surface area contributed by atoms with Crippen LogP contribution in [0.4, 0.5) is 0 Å². The van der Waals surface area contributed by atoms with E-state index in [1.54, 1.807) is 0 Å². The minimum atomic E-state index is -3.21. The number of nitrogens with one attached hydrogen (secondary N) is 1. The number of hydrogen-bond donors (Lipinski definition) is 1. The van der Waals surface area contributed by atoms with Crippen LogP contribution < -0.4 is 4.72 Å². The summed E-state index contributed by atoms with van der Waals surface area (Å²) in [5, 5.41) is 0. The molecule has 0 aromatic carbocycles. The molecule has 4 nitrogen and oxygen atoms in total. The summed E-state index contributed by atoms with van der Waals surface area (Å²) in [6.07, 6.45) is 2.44. The number of hydrogen-bond acceptors (Lipinski definition) is 3. The Morgan fingerprint density at radius 1 is 1.21 bits per heavy atom. The molecule has 19 heavy (non-hydrogen) atoms. The van der Waals surface area contributed by atoms with Gasteiger partial charge < -0.3 is 0 Å². The molecule has 1 rings (SSSR count). The predicted octanol–water partition coefficient (Wildman–Crippen LogP) is 1.90. The van der Waals surface area contributed by atoms with E-state index < -0.39 is 10.0 Å². The largest absolute Gasteiger partial charge is 0.299 e. The maximum Gasteiger partial charge on any atom is 0.211 e. The van der Waals surface area contributed by atoms with Crippen molar-refractivity contribution in [2.45, 2.75) is 39.7 Å². The van der Waals surface area contributed by atoms with Gasteiger partial charge in [-0.1, -0.05) is 20.8 Å². The summed E-state index contributed by atoms with van der Waals surface area (Å²) >= 11 is 5.67. The van der Waals surface area contributed by atoms with E-state index in [1.165, 1.54) is 12.8 Å². The molecule has 0 spiro atoms. The van der Waals surface area contributed by atoms with Crippen LogP contribution in [-0.4, -0.2) is 50.6 Å². The zero-order valence-electron chi connectivity index (χ0n) is 12.2. The molecule has 0 aliphatic carbocycles. The maximum absolute atomic E-state index is 12.0. The number of halogens is 1. The van der Waals surface area contributed by atoms with Crippen molar-refractivity contribution in [3.05, 3.63) is 0 Å². The fraction of sp³-hybridized carbons (Fsp3) is 1.00. The average Bonchev–Trinajstić information content (AvgIpc) is 2.81. The molecule has 0 aromatic heterocycles. The minimum Gasteiger partial charge on any atom is -0.299 e. The fourth-order valence-electron chi connectivity index (χ4n) is 2.55. The lowest BCUT2D eigenvalue weighted by Crippen LogP contribution is -2.46. The highest BCUT2D eigenvalue weighted by Crippen LogP contribution is 2.17. The Balaban J connectivity index is 2.51. The van der Waals surface area contributed by atoms with E-state index in [4.69, 9.17) is 11.6 Å². The Labute approximate surface area is 122 Å². The van der Waals surface area contributed by atoms with E-state index in [1.807, 2.05) is 6.92 Å². The van der Waals surface area contributed by atoms with Crippen molar-refractivity contribution in [2.24, 2.45) is 11.8 Å². The molecule has 1 aliphatic rings.